The molecule has 0 radical (unpaired) electrons. The first-order valence-electron chi connectivity index (χ1n) is 7.76. The molecule has 0 saturated heterocycles. The van der Waals surface area contributed by atoms with Gasteiger partial charge in [-0.05, 0) is 36.2 Å². The maximum atomic E-state index is 12.6. The van der Waals surface area contributed by atoms with Crippen LogP contribution in [0.2, 0.25) is 0 Å². The van der Waals surface area contributed by atoms with Gasteiger partial charge in [0, 0.05) is 24.0 Å². The van der Waals surface area contributed by atoms with Gasteiger partial charge in [-0.15, -0.1) is 0 Å². The largest absolute Gasteiger partial charge is 0.405 e. The quantitative estimate of drug-likeness (QED) is 0.774. The SMILES string of the molecule is Cc1cccc(Nc2nc(NCC(N)C(F)(F)F)cc3c2C=NC3)c1. The van der Waals surface area contributed by atoms with Crippen molar-refractivity contribution >= 4 is 23.5 Å². The summed E-state index contributed by atoms with van der Waals surface area (Å²) in [4.78, 5) is 8.60. The Bertz CT molecular complexity index is 801. The predicted molar refractivity (Wildman–Crippen MR) is 92.5 cm³/mol. The molecule has 1 aromatic carbocycles. The zero-order chi connectivity index (χ0) is 18.0. The van der Waals surface area contributed by atoms with Crippen LogP contribution in [0.1, 0.15) is 16.7 Å². The summed E-state index contributed by atoms with van der Waals surface area (Å²) in [6, 6.07) is 7.49. The molecule has 4 N–H and O–H groups in total. The third-order valence-electron chi connectivity index (χ3n) is 3.83. The Morgan fingerprint density at radius 2 is 2.08 bits per heavy atom. The standard InChI is InChI=1S/C17H18F3N5/c1-10-3-2-4-12(5-10)24-16-13-8-22-7-11(13)6-15(25-16)23-9-14(21)17(18,19)20/h2-6,8,14H,7,9,21H2,1H3,(H2,23,24,25). The number of nitrogens with two attached hydrogens (primary N) is 1. The molecule has 5 nitrogen and oxygen atoms in total. The molecule has 3 rings (SSSR count). The number of halogens is 3. The van der Waals surface area contributed by atoms with Crippen LogP contribution in [0.5, 0.6) is 0 Å². The summed E-state index contributed by atoms with van der Waals surface area (Å²) >= 11 is 0. The molecule has 1 unspecified atom stereocenters. The summed E-state index contributed by atoms with van der Waals surface area (Å²) in [5.41, 5.74) is 8.80. The minimum atomic E-state index is -4.45. The number of aromatic nitrogens is 1. The van der Waals surface area contributed by atoms with Gasteiger partial charge >= 0.3 is 6.18 Å². The maximum absolute atomic E-state index is 12.6. The van der Waals surface area contributed by atoms with Crippen molar-refractivity contribution in [2.75, 3.05) is 17.2 Å². The fourth-order valence-corrected chi connectivity index (χ4v) is 2.49. The number of benzene rings is 1. The van der Waals surface area contributed by atoms with Crippen molar-refractivity contribution in [3.63, 3.8) is 0 Å². The van der Waals surface area contributed by atoms with Crippen LogP contribution in [0.3, 0.4) is 0 Å². The lowest BCUT2D eigenvalue weighted by Crippen LogP contribution is -2.42. The summed E-state index contributed by atoms with van der Waals surface area (Å²) < 4.78 is 37.7. The molecule has 0 amide bonds. The highest BCUT2D eigenvalue weighted by Gasteiger charge is 2.36. The number of fused-ring (bicyclic) bond motifs is 1. The molecule has 2 aromatic rings. The van der Waals surface area contributed by atoms with Crippen molar-refractivity contribution in [1.82, 2.24) is 4.98 Å². The van der Waals surface area contributed by atoms with Crippen LogP contribution < -0.4 is 16.4 Å². The maximum Gasteiger partial charge on any atom is 0.405 e. The van der Waals surface area contributed by atoms with Crippen molar-refractivity contribution in [2.24, 2.45) is 10.7 Å². The van der Waals surface area contributed by atoms with E-state index in [9.17, 15) is 13.2 Å². The molecule has 0 aliphatic carbocycles. The fourth-order valence-electron chi connectivity index (χ4n) is 2.49. The van der Waals surface area contributed by atoms with Crippen LogP contribution in [0.25, 0.3) is 0 Å². The van der Waals surface area contributed by atoms with Crippen LogP contribution in [-0.2, 0) is 6.54 Å². The number of anilines is 3. The van der Waals surface area contributed by atoms with E-state index >= 15 is 0 Å². The number of rotatable bonds is 5. The van der Waals surface area contributed by atoms with Crippen molar-refractivity contribution in [3.05, 3.63) is 47.0 Å². The number of aryl methyl sites for hydroxylation is 1. The predicted octanol–water partition coefficient (Wildman–Crippen LogP) is 3.37. The zero-order valence-corrected chi connectivity index (χ0v) is 13.6. The summed E-state index contributed by atoms with van der Waals surface area (Å²) in [5.74, 6) is 0.881. The van der Waals surface area contributed by atoms with E-state index in [0.29, 0.717) is 18.2 Å². The second-order valence-corrected chi connectivity index (χ2v) is 5.92. The van der Waals surface area contributed by atoms with E-state index < -0.39 is 18.8 Å². The number of pyridine rings is 1. The molecule has 0 bridgehead atoms. The second-order valence-electron chi connectivity index (χ2n) is 5.92. The summed E-state index contributed by atoms with van der Waals surface area (Å²) in [6.45, 7) is 2.00. The van der Waals surface area contributed by atoms with Gasteiger partial charge in [-0.1, -0.05) is 12.1 Å². The van der Waals surface area contributed by atoms with Gasteiger partial charge in [0.25, 0.3) is 0 Å². The van der Waals surface area contributed by atoms with Gasteiger partial charge in [0.1, 0.15) is 17.7 Å². The monoisotopic (exact) mass is 349 g/mol. The van der Waals surface area contributed by atoms with Gasteiger partial charge < -0.3 is 16.4 Å². The number of nitrogens with zero attached hydrogens (tertiary/aromatic N) is 2. The molecular formula is C17H18F3N5. The molecular weight excluding hydrogens is 331 g/mol. The Hall–Kier alpha value is -2.61. The van der Waals surface area contributed by atoms with Gasteiger partial charge in [0.2, 0.25) is 0 Å². The van der Waals surface area contributed by atoms with Crippen LogP contribution >= 0.6 is 0 Å². The Morgan fingerprint density at radius 1 is 1.28 bits per heavy atom. The van der Waals surface area contributed by atoms with Gasteiger partial charge in [0.15, 0.2) is 0 Å². The highest BCUT2D eigenvalue weighted by Crippen LogP contribution is 2.28. The van der Waals surface area contributed by atoms with E-state index in [2.05, 4.69) is 20.6 Å². The minimum Gasteiger partial charge on any atom is -0.368 e. The Morgan fingerprint density at radius 3 is 2.80 bits per heavy atom. The second kappa shape index (κ2) is 6.72. The minimum absolute atomic E-state index is 0.333. The summed E-state index contributed by atoms with van der Waals surface area (Å²) in [6.07, 6.45) is -2.73. The van der Waals surface area contributed by atoms with Crippen LogP contribution in [-0.4, -0.2) is 30.0 Å². The highest BCUT2D eigenvalue weighted by molar-refractivity contribution is 5.92. The van der Waals surface area contributed by atoms with E-state index in [1.165, 1.54) is 0 Å². The summed E-state index contributed by atoms with van der Waals surface area (Å²) in [7, 11) is 0. The Balaban J connectivity index is 1.83. The van der Waals surface area contributed by atoms with Gasteiger partial charge in [-0.2, -0.15) is 13.2 Å². The number of hydrogen-bond acceptors (Lipinski definition) is 5. The first-order chi connectivity index (χ1) is 11.8. The first kappa shape index (κ1) is 17.2. The average Bonchev–Trinajstić information content (AvgIpc) is 3.00. The van der Waals surface area contributed by atoms with Crippen molar-refractivity contribution in [3.8, 4) is 0 Å². The molecule has 1 aliphatic heterocycles. The normalized spacial score (nSPS) is 14.3. The molecule has 0 spiro atoms. The molecule has 8 heteroatoms. The number of nitrogens with one attached hydrogen (secondary N) is 2. The van der Waals surface area contributed by atoms with Gasteiger partial charge in [0.05, 0.1) is 6.54 Å². The average molecular weight is 349 g/mol. The van der Waals surface area contributed by atoms with E-state index in [1.807, 2.05) is 31.2 Å². The molecule has 25 heavy (non-hydrogen) atoms. The highest BCUT2D eigenvalue weighted by atomic mass is 19.4. The third-order valence-corrected chi connectivity index (χ3v) is 3.83. The van der Waals surface area contributed by atoms with E-state index in [4.69, 9.17) is 5.73 Å². The van der Waals surface area contributed by atoms with E-state index in [-0.39, 0.29) is 0 Å². The molecule has 0 fully saturated rings. The lowest BCUT2D eigenvalue weighted by Gasteiger charge is -2.18. The smallest absolute Gasteiger partial charge is 0.368 e. The molecule has 0 saturated carbocycles. The lowest BCUT2D eigenvalue weighted by atomic mass is 10.1. The van der Waals surface area contributed by atoms with Gasteiger partial charge in [-0.3, -0.25) is 4.99 Å². The molecule has 2 heterocycles. The van der Waals surface area contributed by atoms with E-state index in [1.54, 1.807) is 12.3 Å². The van der Waals surface area contributed by atoms with Crippen LogP contribution in [0.15, 0.2) is 35.3 Å². The number of aliphatic imine (C=N–C) groups is 1. The van der Waals surface area contributed by atoms with Crippen LogP contribution in [0, 0.1) is 6.92 Å². The number of hydrogen-bond donors (Lipinski definition) is 3. The lowest BCUT2D eigenvalue weighted by molar-refractivity contribution is -0.144. The number of alkyl halides is 3. The Labute approximate surface area is 143 Å². The zero-order valence-electron chi connectivity index (χ0n) is 13.6. The van der Waals surface area contributed by atoms with Crippen molar-refractivity contribution in [2.45, 2.75) is 25.7 Å². The van der Waals surface area contributed by atoms with Crippen molar-refractivity contribution < 1.29 is 13.2 Å². The fraction of sp³-hybridized carbons (Fsp3) is 0.294. The first-order valence-corrected chi connectivity index (χ1v) is 7.76. The molecule has 1 atom stereocenters. The molecule has 1 aliphatic rings. The van der Waals surface area contributed by atoms with Crippen LogP contribution in [0.4, 0.5) is 30.5 Å². The third kappa shape index (κ3) is 4.08. The molecule has 1 aromatic heterocycles. The van der Waals surface area contributed by atoms with Crippen molar-refractivity contribution in [1.29, 1.82) is 0 Å². The van der Waals surface area contributed by atoms with Gasteiger partial charge in [-0.25, -0.2) is 4.98 Å². The molecule has 132 valence electrons. The summed E-state index contributed by atoms with van der Waals surface area (Å²) in [5, 5.41) is 5.87. The topological polar surface area (TPSA) is 75.3 Å². The Kier molecular flexibility index (Phi) is 4.63. The van der Waals surface area contributed by atoms with E-state index in [0.717, 1.165) is 22.4 Å².